The molecule has 0 aliphatic carbocycles. The zero-order valence-electron chi connectivity index (χ0n) is 11.0. The highest BCUT2D eigenvalue weighted by Crippen LogP contribution is 2.02. The summed E-state index contributed by atoms with van der Waals surface area (Å²) < 4.78 is 5.57. The zero-order valence-corrected chi connectivity index (χ0v) is 11.0. The Morgan fingerprint density at radius 2 is 2.06 bits per heavy atom. The first-order valence-corrected chi connectivity index (χ1v) is 6.44. The van der Waals surface area contributed by atoms with E-state index in [1.165, 1.54) is 0 Å². The van der Waals surface area contributed by atoms with Crippen LogP contribution in [0.25, 0.3) is 0 Å². The Balaban J connectivity index is 2.16. The summed E-state index contributed by atoms with van der Waals surface area (Å²) in [6, 6.07) is -0.303. The number of hydrogen-bond donors (Lipinski definition) is 1. The van der Waals surface area contributed by atoms with Crippen molar-refractivity contribution in [1.29, 1.82) is 0 Å². The number of nitrogens with zero attached hydrogens (tertiary/aromatic N) is 2. The van der Waals surface area contributed by atoms with Crippen molar-refractivity contribution < 1.29 is 9.53 Å². The Kier molecular flexibility index (Phi) is 6.29. The monoisotopic (exact) mass is 243 g/mol. The molecule has 0 saturated carbocycles. The maximum absolute atomic E-state index is 11.1. The molecule has 17 heavy (non-hydrogen) atoms. The van der Waals surface area contributed by atoms with Gasteiger partial charge < -0.3 is 15.4 Å². The van der Waals surface area contributed by atoms with Gasteiger partial charge in [-0.05, 0) is 18.9 Å². The van der Waals surface area contributed by atoms with Crippen LogP contribution in [0.1, 0.15) is 20.3 Å². The topological polar surface area (TPSA) is 58.8 Å². The van der Waals surface area contributed by atoms with Gasteiger partial charge in [-0.3, -0.25) is 4.90 Å². The number of rotatable bonds is 5. The van der Waals surface area contributed by atoms with Gasteiger partial charge in [0, 0.05) is 32.8 Å². The molecule has 0 spiro atoms. The number of nitrogens with two attached hydrogens (primary N) is 1. The average molecular weight is 243 g/mol. The van der Waals surface area contributed by atoms with Gasteiger partial charge in [-0.1, -0.05) is 13.8 Å². The van der Waals surface area contributed by atoms with Crippen LogP contribution in [-0.2, 0) is 4.74 Å². The van der Waals surface area contributed by atoms with E-state index in [0.717, 1.165) is 52.4 Å². The highest BCUT2D eigenvalue weighted by atomic mass is 16.5. The highest BCUT2D eigenvalue weighted by Gasteiger charge is 2.16. The van der Waals surface area contributed by atoms with Gasteiger partial charge in [0.2, 0.25) is 0 Å². The molecule has 0 aromatic rings. The van der Waals surface area contributed by atoms with Crippen LogP contribution in [0.4, 0.5) is 4.79 Å². The third kappa shape index (κ3) is 5.89. The molecule has 1 fully saturated rings. The van der Waals surface area contributed by atoms with Crippen LogP contribution >= 0.6 is 0 Å². The molecule has 0 radical (unpaired) electrons. The van der Waals surface area contributed by atoms with E-state index >= 15 is 0 Å². The fraction of sp³-hybridized carbons (Fsp3) is 0.917. The Morgan fingerprint density at radius 1 is 1.29 bits per heavy atom. The summed E-state index contributed by atoms with van der Waals surface area (Å²) in [5.41, 5.74) is 5.28. The number of amides is 2. The summed E-state index contributed by atoms with van der Waals surface area (Å²) in [6.45, 7) is 10.3. The summed E-state index contributed by atoms with van der Waals surface area (Å²) in [6.07, 6.45) is 0.993. The van der Waals surface area contributed by atoms with Gasteiger partial charge in [-0.25, -0.2) is 4.79 Å². The van der Waals surface area contributed by atoms with Gasteiger partial charge in [0.05, 0.1) is 6.61 Å². The van der Waals surface area contributed by atoms with Crippen molar-refractivity contribution in [3.05, 3.63) is 0 Å². The summed E-state index contributed by atoms with van der Waals surface area (Å²) in [5, 5.41) is 0. The lowest BCUT2D eigenvalue weighted by molar-refractivity contribution is 0.0865. The molecule has 2 amide bonds. The van der Waals surface area contributed by atoms with E-state index in [4.69, 9.17) is 10.5 Å². The highest BCUT2D eigenvalue weighted by molar-refractivity contribution is 5.71. The Hall–Kier alpha value is -0.810. The number of hydrogen-bond acceptors (Lipinski definition) is 3. The average Bonchev–Trinajstić information content (AvgIpc) is 2.49. The van der Waals surface area contributed by atoms with E-state index in [9.17, 15) is 4.79 Å². The second-order valence-corrected chi connectivity index (χ2v) is 4.99. The van der Waals surface area contributed by atoms with E-state index in [1.807, 2.05) is 0 Å². The van der Waals surface area contributed by atoms with Gasteiger partial charge in [-0.2, -0.15) is 0 Å². The van der Waals surface area contributed by atoms with Crippen LogP contribution in [0, 0.1) is 5.92 Å². The Bertz CT molecular complexity index is 234. The minimum atomic E-state index is -0.303. The van der Waals surface area contributed by atoms with Crippen molar-refractivity contribution >= 4 is 6.03 Å². The van der Waals surface area contributed by atoms with E-state index in [2.05, 4.69) is 18.7 Å². The summed E-state index contributed by atoms with van der Waals surface area (Å²) in [5.74, 6) is 0.587. The van der Waals surface area contributed by atoms with Crippen LogP contribution < -0.4 is 5.73 Å². The lowest BCUT2D eigenvalue weighted by Crippen LogP contribution is -2.39. The van der Waals surface area contributed by atoms with Crippen LogP contribution in [0.5, 0.6) is 0 Å². The Morgan fingerprint density at radius 3 is 2.71 bits per heavy atom. The molecule has 2 N–H and O–H groups in total. The van der Waals surface area contributed by atoms with E-state index in [-0.39, 0.29) is 6.03 Å². The molecule has 1 aliphatic rings. The van der Waals surface area contributed by atoms with Crippen molar-refractivity contribution in [3.8, 4) is 0 Å². The first kappa shape index (κ1) is 14.3. The smallest absolute Gasteiger partial charge is 0.314 e. The third-order valence-electron chi connectivity index (χ3n) is 2.90. The molecular weight excluding hydrogens is 218 g/mol. The van der Waals surface area contributed by atoms with Gasteiger partial charge in [0.1, 0.15) is 0 Å². The summed E-state index contributed by atoms with van der Waals surface area (Å²) in [4.78, 5) is 15.1. The minimum Gasteiger partial charge on any atom is -0.380 e. The van der Waals surface area contributed by atoms with Crippen molar-refractivity contribution in [2.24, 2.45) is 11.7 Å². The predicted molar refractivity (Wildman–Crippen MR) is 67.9 cm³/mol. The number of primary amides is 1. The van der Waals surface area contributed by atoms with Gasteiger partial charge in [-0.15, -0.1) is 0 Å². The maximum atomic E-state index is 11.1. The fourth-order valence-corrected chi connectivity index (χ4v) is 1.93. The largest absolute Gasteiger partial charge is 0.380 e. The van der Waals surface area contributed by atoms with Gasteiger partial charge in [0.15, 0.2) is 0 Å². The molecule has 0 atom stereocenters. The van der Waals surface area contributed by atoms with E-state index in [1.54, 1.807) is 4.90 Å². The molecule has 0 aromatic carbocycles. The molecule has 1 aliphatic heterocycles. The third-order valence-corrected chi connectivity index (χ3v) is 2.90. The normalized spacial score (nSPS) is 18.4. The van der Waals surface area contributed by atoms with Gasteiger partial charge >= 0.3 is 6.03 Å². The SMILES string of the molecule is CC(C)COCCN1CCCN(C(N)=O)CC1. The van der Waals surface area contributed by atoms with Crippen LogP contribution in [0.3, 0.4) is 0 Å². The molecule has 0 unspecified atom stereocenters. The van der Waals surface area contributed by atoms with E-state index in [0.29, 0.717) is 5.92 Å². The molecule has 0 bridgehead atoms. The number of carbonyl (C=O) groups is 1. The van der Waals surface area contributed by atoms with Crippen molar-refractivity contribution in [2.75, 3.05) is 45.9 Å². The Labute approximate surface area is 104 Å². The van der Waals surface area contributed by atoms with Crippen LogP contribution in [0.2, 0.25) is 0 Å². The van der Waals surface area contributed by atoms with Crippen LogP contribution in [-0.4, -0.2) is 61.8 Å². The van der Waals surface area contributed by atoms with Crippen molar-refractivity contribution in [1.82, 2.24) is 9.80 Å². The molecule has 1 saturated heterocycles. The quantitative estimate of drug-likeness (QED) is 0.725. The number of urea groups is 1. The maximum Gasteiger partial charge on any atom is 0.314 e. The minimum absolute atomic E-state index is 0.303. The standard InChI is InChI=1S/C12H25N3O2/c1-11(2)10-17-9-8-14-4-3-5-15(7-6-14)12(13)16/h11H,3-10H2,1-2H3,(H2,13,16). The zero-order chi connectivity index (χ0) is 12.7. The lowest BCUT2D eigenvalue weighted by Gasteiger charge is -2.20. The second kappa shape index (κ2) is 7.50. The fourth-order valence-electron chi connectivity index (χ4n) is 1.93. The molecule has 1 heterocycles. The molecule has 5 nitrogen and oxygen atoms in total. The number of carbonyl (C=O) groups excluding carboxylic acids is 1. The van der Waals surface area contributed by atoms with Crippen molar-refractivity contribution in [3.63, 3.8) is 0 Å². The number of ether oxygens (including phenoxy) is 1. The second-order valence-electron chi connectivity index (χ2n) is 4.99. The molecule has 0 aromatic heterocycles. The molecular formula is C12H25N3O2. The molecule has 1 rings (SSSR count). The summed E-state index contributed by atoms with van der Waals surface area (Å²) >= 11 is 0. The summed E-state index contributed by atoms with van der Waals surface area (Å²) in [7, 11) is 0. The van der Waals surface area contributed by atoms with Crippen LogP contribution in [0.15, 0.2) is 0 Å². The first-order valence-electron chi connectivity index (χ1n) is 6.44. The van der Waals surface area contributed by atoms with E-state index < -0.39 is 0 Å². The molecule has 5 heteroatoms. The van der Waals surface area contributed by atoms with Gasteiger partial charge in [0.25, 0.3) is 0 Å². The first-order chi connectivity index (χ1) is 8.09. The predicted octanol–water partition coefficient (Wildman–Crippen LogP) is 0.745. The van der Waals surface area contributed by atoms with Crippen molar-refractivity contribution in [2.45, 2.75) is 20.3 Å². The lowest BCUT2D eigenvalue weighted by atomic mass is 10.2. The molecule has 100 valence electrons.